The zero-order valence-electron chi connectivity index (χ0n) is 11.4. The normalized spacial score (nSPS) is 14.3. The Morgan fingerprint density at radius 3 is 2.47 bits per heavy atom. The number of nitrogens with one attached hydrogen (secondary N) is 1. The minimum absolute atomic E-state index is 0.0156. The fraction of sp³-hybridized carbons (Fsp3) is 0.429. The number of nitrogens with zero attached hydrogens (tertiary/aromatic N) is 2. The molecule has 0 aliphatic rings. The van der Waals surface area contributed by atoms with Crippen molar-refractivity contribution in [2.75, 3.05) is 0 Å². The second-order valence-electron chi connectivity index (χ2n) is 4.56. The van der Waals surface area contributed by atoms with Crippen molar-refractivity contribution in [3.63, 3.8) is 0 Å². The molecule has 1 aromatic carbocycles. The molecule has 0 aliphatic heterocycles. The van der Waals surface area contributed by atoms with Gasteiger partial charge in [-0.3, -0.25) is 5.32 Å². The summed E-state index contributed by atoms with van der Waals surface area (Å²) in [5, 5.41) is 12.1. The maximum absolute atomic E-state index is 5.91. The molecule has 0 saturated carbocycles. The quantitative estimate of drug-likeness (QED) is 0.904. The van der Waals surface area contributed by atoms with Crippen molar-refractivity contribution in [3.8, 4) is 0 Å². The highest BCUT2D eigenvalue weighted by atomic mass is 35.5. The van der Waals surface area contributed by atoms with Gasteiger partial charge in [0.1, 0.15) is 0 Å². The van der Waals surface area contributed by atoms with Gasteiger partial charge in [-0.15, -0.1) is 10.2 Å². The van der Waals surface area contributed by atoms with Gasteiger partial charge in [-0.05, 0) is 31.0 Å². The minimum atomic E-state index is 0.0156. The maximum atomic E-state index is 5.91. The maximum Gasteiger partial charge on any atom is 0.233 e. The number of rotatable bonds is 5. The van der Waals surface area contributed by atoms with Crippen LogP contribution in [-0.2, 0) is 0 Å². The van der Waals surface area contributed by atoms with Gasteiger partial charge in [0.25, 0.3) is 0 Å². The van der Waals surface area contributed by atoms with Crippen LogP contribution in [0.25, 0.3) is 0 Å². The third-order valence-electron chi connectivity index (χ3n) is 3.04. The zero-order chi connectivity index (χ0) is 13.8. The van der Waals surface area contributed by atoms with E-state index in [4.69, 9.17) is 16.0 Å². The van der Waals surface area contributed by atoms with E-state index in [1.807, 2.05) is 31.2 Å². The first-order chi connectivity index (χ1) is 9.10. The Kier molecular flexibility index (Phi) is 4.56. The van der Waals surface area contributed by atoms with E-state index >= 15 is 0 Å². The van der Waals surface area contributed by atoms with Crippen LogP contribution in [-0.4, -0.2) is 10.2 Å². The van der Waals surface area contributed by atoms with Crippen molar-refractivity contribution in [3.05, 3.63) is 46.6 Å². The summed E-state index contributed by atoms with van der Waals surface area (Å²) in [4.78, 5) is 0. The Labute approximate surface area is 118 Å². The predicted molar refractivity (Wildman–Crippen MR) is 75.1 cm³/mol. The van der Waals surface area contributed by atoms with Crippen LogP contribution >= 0.6 is 11.6 Å². The fourth-order valence-electron chi connectivity index (χ4n) is 2.00. The molecule has 4 nitrogen and oxygen atoms in total. The van der Waals surface area contributed by atoms with Crippen molar-refractivity contribution in [2.24, 2.45) is 0 Å². The first kappa shape index (κ1) is 14.0. The van der Waals surface area contributed by atoms with E-state index < -0.39 is 0 Å². The van der Waals surface area contributed by atoms with Crippen molar-refractivity contribution in [2.45, 2.75) is 39.3 Å². The molecular formula is C14H18ClN3O. The molecule has 0 unspecified atom stereocenters. The molecule has 1 heterocycles. The van der Waals surface area contributed by atoms with Crippen molar-refractivity contribution in [1.29, 1.82) is 0 Å². The van der Waals surface area contributed by atoms with Crippen LogP contribution in [0.1, 0.15) is 49.7 Å². The standard InChI is InChI=1S/C14H18ClN3O/c1-4-13(11-5-7-12(15)8-6-11)16-9(2)14-18-17-10(3)19-14/h5-9,13,16H,4H2,1-3H3/t9-,13+/m1/s1. The molecule has 19 heavy (non-hydrogen) atoms. The molecule has 1 aromatic heterocycles. The van der Waals surface area contributed by atoms with Gasteiger partial charge in [0.15, 0.2) is 0 Å². The van der Waals surface area contributed by atoms with Gasteiger partial charge in [0, 0.05) is 18.0 Å². The highest BCUT2D eigenvalue weighted by molar-refractivity contribution is 6.30. The summed E-state index contributed by atoms with van der Waals surface area (Å²) in [6.07, 6.45) is 0.971. The van der Waals surface area contributed by atoms with E-state index in [1.54, 1.807) is 6.92 Å². The lowest BCUT2D eigenvalue weighted by molar-refractivity contribution is 0.367. The van der Waals surface area contributed by atoms with Gasteiger partial charge >= 0.3 is 0 Å². The molecule has 5 heteroatoms. The van der Waals surface area contributed by atoms with Gasteiger partial charge in [-0.1, -0.05) is 30.7 Å². The predicted octanol–water partition coefficient (Wildman–Crippen LogP) is 3.83. The minimum Gasteiger partial charge on any atom is -0.424 e. The largest absolute Gasteiger partial charge is 0.424 e. The Morgan fingerprint density at radius 2 is 1.95 bits per heavy atom. The number of hydrogen-bond acceptors (Lipinski definition) is 4. The molecule has 0 radical (unpaired) electrons. The van der Waals surface area contributed by atoms with Crippen LogP contribution in [0.15, 0.2) is 28.7 Å². The molecule has 0 aliphatic carbocycles. The average molecular weight is 280 g/mol. The summed E-state index contributed by atoms with van der Waals surface area (Å²) >= 11 is 5.91. The van der Waals surface area contributed by atoms with Crippen LogP contribution < -0.4 is 5.32 Å². The number of benzene rings is 1. The van der Waals surface area contributed by atoms with Crippen molar-refractivity contribution >= 4 is 11.6 Å². The first-order valence-corrected chi connectivity index (χ1v) is 6.79. The Morgan fingerprint density at radius 1 is 1.26 bits per heavy atom. The van der Waals surface area contributed by atoms with Gasteiger partial charge in [-0.2, -0.15) is 0 Å². The van der Waals surface area contributed by atoms with E-state index in [1.165, 1.54) is 5.56 Å². The van der Waals surface area contributed by atoms with E-state index in [0.29, 0.717) is 11.8 Å². The topological polar surface area (TPSA) is 51.0 Å². The molecule has 0 amide bonds. The monoisotopic (exact) mass is 279 g/mol. The first-order valence-electron chi connectivity index (χ1n) is 6.41. The van der Waals surface area contributed by atoms with Gasteiger partial charge in [0.2, 0.25) is 11.8 Å². The highest BCUT2D eigenvalue weighted by Crippen LogP contribution is 2.23. The molecular weight excluding hydrogens is 262 g/mol. The van der Waals surface area contributed by atoms with E-state index in [2.05, 4.69) is 22.4 Å². The Hall–Kier alpha value is -1.39. The molecule has 2 rings (SSSR count). The molecule has 1 N–H and O–H groups in total. The molecule has 0 bridgehead atoms. The van der Waals surface area contributed by atoms with Gasteiger partial charge < -0.3 is 4.42 Å². The van der Waals surface area contributed by atoms with E-state index in [9.17, 15) is 0 Å². The molecule has 0 fully saturated rings. The van der Waals surface area contributed by atoms with Crippen LogP contribution in [0.5, 0.6) is 0 Å². The van der Waals surface area contributed by atoms with Crippen LogP contribution in [0.4, 0.5) is 0 Å². The van der Waals surface area contributed by atoms with Crippen molar-refractivity contribution < 1.29 is 4.42 Å². The lowest BCUT2D eigenvalue weighted by Crippen LogP contribution is -2.24. The molecule has 2 atom stereocenters. The molecule has 102 valence electrons. The fourth-order valence-corrected chi connectivity index (χ4v) is 2.13. The summed E-state index contributed by atoms with van der Waals surface area (Å²) in [6, 6.07) is 8.14. The summed E-state index contributed by atoms with van der Waals surface area (Å²) in [6.45, 7) is 5.95. The SMILES string of the molecule is CC[C@H](N[C@H](C)c1nnc(C)o1)c1ccc(Cl)cc1. The summed E-state index contributed by atoms with van der Waals surface area (Å²) in [5.41, 5.74) is 1.20. The lowest BCUT2D eigenvalue weighted by atomic mass is 10.0. The average Bonchev–Trinajstić information content (AvgIpc) is 2.84. The van der Waals surface area contributed by atoms with Gasteiger partial charge in [0.05, 0.1) is 6.04 Å². The second kappa shape index (κ2) is 6.17. The second-order valence-corrected chi connectivity index (χ2v) is 5.00. The zero-order valence-corrected chi connectivity index (χ0v) is 12.1. The van der Waals surface area contributed by atoms with Crippen LogP contribution in [0.3, 0.4) is 0 Å². The number of aromatic nitrogens is 2. The number of halogens is 1. The smallest absolute Gasteiger partial charge is 0.233 e. The third kappa shape index (κ3) is 3.55. The molecule has 0 spiro atoms. The third-order valence-corrected chi connectivity index (χ3v) is 3.30. The van der Waals surface area contributed by atoms with Gasteiger partial charge in [-0.25, -0.2) is 0 Å². The lowest BCUT2D eigenvalue weighted by Gasteiger charge is -2.20. The summed E-state index contributed by atoms with van der Waals surface area (Å²) in [5.74, 6) is 1.20. The summed E-state index contributed by atoms with van der Waals surface area (Å²) in [7, 11) is 0. The van der Waals surface area contributed by atoms with E-state index in [-0.39, 0.29) is 12.1 Å². The Bertz CT molecular complexity index is 524. The van der Waals surface area contributed by atoms with Crippen molar-refractivity contribution in [1.82, 2.24) is 15.5 Å². The highest BCUT2D eigenvalue weighted by Gasteiger charge is 2.17. The summed E-state index contributed by atoms with van der Waals surface area (Å²) < 4.78 is 5.44. The number of hydrogen-bond donors (Lipinski definition) is 1. The molecule has 0 saturated heterocycles. The van der Waals surface area contributed by atoms with E-state index in [0.717, 1.165) is 11.4 Å². The van der Waals surface area contributed by atoms with Crippen LogP contribution in [0.2, 0.25) is 5.02 Å². The number of aryl methyl sites for hydroxylation is 1. The van der Waals surface area contributed by atoms with Crippen LogP contribution in [0, 0.1) is 6.92 Å². The Balaban J connectivity index is 2.08. The molecule has 2 aromatic rings.